The molecule has 6 heteroatoms. The summed E-state index contributed by atoms with van der Waals surface area (Å²) < 4.78 is 0. The minimum absolute atomic E-state index is 0.0130. The Morgan fingerprint density at radius 1 is 1.42 bits per heavy atom. The molecule has 104 valence electrons. The van der Waals surface area contributed by atoms with Crippen molar-refractivity contribution in [2.24, 2.45) is 5.92 Å². The highest BCUT2D eigenvalue weighted by atomic mass is 32.2. The number of aromatic nitrogens is 1. The largest absolute Gasteiger partial charge is 0.477 e. The molecule has 1 unspecified atom stereocenters. The standard InChI is InChI=1S/C13H18N2O3S/c1-8(2)9(3)15-12(16)7-19-10-4-5-14-11(6-10)13(17)18/h4-6,8-9H,7H2,1-3H3,(H,15,16)(H,17,18). The molecular weight excluding hydrogens is 264 g/mol. The van der Waals surface area contributed by atoms with Crippen molar-refractivity contribution in [1.82, 2.24) is 10.3 Å². The summed E-state index contributed by atoms with van der Waals surface area (Å²) >= 11 is 1.30. The number of aromatic carboxylic acids is 1. The fourth-order valence-corrected chi connectivity index (χ4v) is 1.96. The molecule has 0 spiro atoms. The van der Waals surface area contributed by atoms with Crippen molar-refractivity contribution in [3.8, 4) is 0 Å². The third kappa shape index (κ3) is 5.30. The van der Waals surface area contributed by atoms with Gasteiger partial charge in [-0.25, -0.2) is 9.78 Å². The zero-order chi connectivity index (χ0) is 14.4. The lowest BCUT2D eigenvalue weighted by Gasteiger charge is -2.17. The molecule has 0 radical (unpaired) electrons. The van der Waals surface area contributed by atoms with Gasteiger partial charge in [-0.3, -0.25) is 4.79 Å². The second-order valence-corrected chi connectivity index (χ2v) is 5.62. The van der Waals surface area contributed by atoms with Gasteiger partial charge in [0.2, 0.25) is 5.91 Å². The molecule has 1 rings (SSSR count). The van der Waals surface area contributed by atoms with Gasteiger partial charge in [-0.1, -0.05) is 13.8 Å². The average Bonchev–Trinajstić information content (AvgIpc) is 2.36. The van der Waals surface area contributed by atoms with Crippen LogP contribution in [0.2, 0.25) is 0 Å². The molecule has 1 amide bonds. The second-order valence-electron chi connectivity index (χ2n) is 4.57. The number of amides is 1. The summed E-state index contributed by atoms with van der Waals surface area (Å²) in [7, 11) is 0. The molecule has 0 aliphatic rings. The number of carboxylic acids is 1. The van der Waals surface area contributed by atoms with Crippen molar-refractivity contribution in [2.75, 3.05) is 5.75 Å². The van der Waals surface area contributed by atoms with Gasteiger partial charge in [0.05, 0.1) is 5.75 Å². The molecule has 2 N–H and O–H groups in total. The van der Waals surface area contributed by atoms with Gasteiger partial charge >= 0.3 is 5.97 Å². The maximum atomic E-state index is 11.7. The van der Waals surface area contributed by atoms with Crippen LogP contribution in [0.25, 0.3) is 0 Å². The van der Waals surface area contributed by atoms with E-state index in [2.05, 4.69) is 10.3 Å². The fraction of sp³-hybridized carbons (Fsp3) is 0.462. The Balaban J connectivity index is 2.50. The molecule has 0 aliphatic heterocycles. The average molecular weight is 282 g/mol. The highest BCUT2D eigenvalue weighted by Crippen LogP contribution is 2.17. The maximum Gasteiger partial charge on any atom is 0.354 e. The number of nitrogens with zero attached hydrogens (tertiary/aromatic N) is 1. The van der Waals surface area contributed by atoms with Gasteiger partial charge in [0.1, 0.15) is 5.69 Å². The van der Waals surface area contributed by atoms with Crippen LogP contribution < -0.4 is 5.32 Å². The van der Waals surface area contributed by atoms with Crippen molar-refractivity contribution in [1.29, 1.82) is 0 Å². The third-order valence-corrected chi connectivity index (χ3v) is 3.70. The predicted molar refractivity (Wildman–Crippen MR) is 74.4 cm³/mol. The molecule has 1 atom stereocenters. The molecule has 0 saturated heterocycles. The Kier molecular flexibility index (Phi) is 5.82. The van der Waals surface area contributed by atoms with Crippen LogP contribution in [0.5, 0.6) is 0 Å². The van der Waals surface area contributed by atoms with Gasteiger partial charge < -0.3 is 10.4 Å². The van der Waals surface area contributed by atoms with Gasteiger partial charge in [0.25, 0.3) is 0 Å². The Labute approximate surface area is 116 Å². The van der Waals surface area contributed by atoms with Gasteiger partial charge in [-0.15, -0.1) is 11.8 Å². The van der Waals surface area contributed by atoms with Crippen LogP contribution in [-0.4, -0.2) is 33.8 Å². The predicted octanol–water partition coefficient (Wildman–Crippen LogP) is 2.03. The molecule has 1 aromatic heterocycles. The zero-order valence-corrected chi connectivity index (χ0v) is 12.0. The first-order valence-electron chi connectivity index (χ1n) is 6.01. The lowest BCUT2D eigenvalue weighted by atomic mass is 10.1. The minimum atomic E-state index is -1.07. The second kappa shape index (κ2) is 7.13. The highest BCUT2D eigenvalue weighted by molar-refractivity contribution is 8.00. The maximum absolute atomic E-state index is 11.7. The van der Waals surface area contributed by atoms with Crippen molar-refractivity contribution in [3.63, 3.8) is 0 Å². The fourth-order valence-electron chi connectivity index (χ4n) is 1.23. The number of carbonyl (C=O) groups is 2. The van der Waals surface area contributed by atoms with Crippen LogP contribution in [0.15, 0.2) is 23.2 Å². The van der Waals surface area contributed by atoms with E-state index in [1.165, 1.54) is 24.0 Å². The lowest BCUT2D eigenvalue weighted by Crippen LogP contribution is -2.37. The summed E-state index contributed by atoms with van der Waals surface area (Å²) in [5.74, 6) is -0.478. The quantitative estimate of drug-likeness (QED) is 0.780. The SMILES string of the molecule is CC(C)C(C)NC(=O)CSc1ccnc(C(=O)O)c1. The van der Waals surface area contributed by atoms with E-state index in [-0.39, 0.29) is 23.4 Å². The van der Waals surface area contributed by atoms with E-state index in [1.807, 2.05) is 20.8 Å². The molecule has 0 aromatic carbocycles. The third-order valence-electron chi connectivity index (χ3n) is 2.71. The van der Waals surface area contributed by atoms with Crippen LogP contribution in [0.1, 0.15) is 31.3 Å². The molecular formula is C13H18N2O3S. The van der Waals surface area contributed by atoms with Crippen LogP contribution in [0, 0.1) is 5.92 Å². The monoisotopic (exact) mass is 282 g/mol. The highest BCUT2D eigenvalue weighted by Gasteiger charge is 2.11. The van der Waals surface area contributed by atoms with Crippen LogP contribution in [-0.2, 0) is 4.79 Å². The smallest absolute Gasteiger partial charge is 0.354 e. The molecule has 19 heavy (non-hydrogen) atoms. The van der Waals surface area contributed by atoms with Crippen molar-refractivity contribution < 1.29 is 14.7 Å². The Morgan fingerprint density at radius 3 is 2.68 bits per heavy atom. The Morgan fingerprint density at radius 2 is 2.11 bits per heavy atom. The number of hydrogen-bond donors (Lipinski definition) is 2. The van der Waals surface area contributed by atoms with E-state index >= 15 is 0 Å². The number of hydrogen-bond acceptors (Lipinski definition) is 4. The van der Waals surface area contributed by atoms with Gasteiger partial charge in [0.15, 0.2) is 0 Å². The first-order chi connectivity index (χ1) is 8.90. The van der Waals surface area contributed by atoms with E-state index in [4.69, 9.17) is 5.11 Å². The summed E-state index contributed by atoms with van der Waals surface area (Å²) in [5, 5.41) is 11.7. The van der Waals surface area contributed by atoms with Crippen molar-refractivity contribution in [2.45, 2.75) is 31.7 Å². The minimum Gasteiger partial charge on any atom is -0.477 e. The number of thioether (sulfide) groups is 1. The van der Waals surface area contributed by atoms with Gasteiger partial charge in [-0.05, 0) is 25.0 Å². The van der Waals surface area contributed by atoms with E-state index in [9.17, 15) is 9.59 Å². The van der Waals surface area contributed by atoms with E-state index in [1.54, 1.807) is 6.07 Å². The van der Waals surface area contributed by atoms with E-state index in [0.717, 1.165) is 4.90 Å². The number of pyridine rings is 1. The summed E-state index contributed by atoms with van der Waals surface area (Å²) in [6.45, 7) is 6.04. The van der Waals surface area contributed by atoms with E-state index in [0.29, 0.717) is 5.92 Å². The first-order valence-corrected chi connectivity index (χ1v) is 7.00. The van der Waals surface area contributed by atoms with Crippen LogP contribution >= 0.6 is 11.8 Å². The van der Waals surface area contributed by atoms with Crippen molar-refractivity contribution >= 4 is 23.6 Å². The number of rotatable bonds is 6. The Bertz CT molecular complexity index is 463. The number of carboxylic acid groups (broad SMARTS) is 1. The zero-order valence-electron chi connectivity index (χ0n) is 11.2. The first kappa shape index (κ1) is 15.5. The number of nitrogens with one attached hydrogen (secondary N) is 1. The summed E-state index contributed by atoms with van der Waals surface area (Å²) in [5.41, 5.74) is -0.0130. The molecule has 0 saturated carbocycles. The van der Waals surface area contributed by atoms with E-state index < -0.39 is 5.97 Å². The van der Waals surface area contributed by atoms with Crippen LogP contribution in [0.4, 0.5) is 0 Å². The molecule has 1 heterocycles. The molecule has 0 bridgehead atoms. The molecule has 0 aliphatic carbocycles. The molecule has 5 nitrogen and oxygen atoms in total. The topological polar surface area (TPSA) is 79.3 Å². The Hall–Kier alpha value is -1.56. The summed E-state index contributed by atoms with van der Waals surface area (Å²) in [6.07, 6.45) is 1.43. The van der Waals surface area contributed by atoms with Gasteiger partial charge in [0, 0.05) is 17.1 Å². The molecule has 0 fully saturated rings. The lowest BCUT2D eigenvalue weighted by molar-refractivity contribution is -0.119. The summed E-state index contributed by atoms with van der Waals surface area (Å²) in [6, 6.07) is 3.28. The molecule has 1 aromatic rings. The normalized spacial score (nSPS) is 12.2. The van der Waals surface area contributed by atoms with Crippen molar-refractivity contribution in [3.05, 3.63) is 24.0 Å². The van der Waals surface area contributed by atoms with Crippen LogP contribution in [0.3, 0.4) is 0 Å². The number of carbonyl (C=O) groups excluding carboxylic acids is 1. The summed E-state index contributed by atoms with van der Waals surface area (Å²) in [4.78, 5) is 26.9. The van der Waals surface area contributed by atoms with Gasteiger partial charge in [-0.2, -0.15) is 0 Å².